The minimum atomic E-state index is 1.21. The van der Waals surface area contributed by atoms with Crippen LogP contribution >= 0.6 is 22.7 Å². The molecule has 12 rings (SSSR count). The minimum Gasteiger partial charge on any atom is -0.308 e. The normalized spacial score (nSPS) is 12.2. The molecule has 0 radical (unpaired) electrons. The molecule has 12 aromatic rings. The Balaban J connectivity index is 1.09. The van der Waals surface area contributed by atoms with Crippen molar-refractivity contribution < 1.29 is 0 Å². The molecule has 2 nitrogen and oxygen atoms in total. The van der Waals surface area contributed by atoms with Crippen LogP contribution in [0.5, 0.6) is 0 Å². The predicted molar refractivity (Wildman–Crippen MR) is 226 cm³/mol. The first-order valence-corrected chi connectivity index (χ1v) is 19.3. The lowest BCUT2D eigenvalue weighted by Gasteiger charge is -2.11. The molecule has 0 aliphatic carbocycles. The van der Waals surface area contributed by atoms with Crippen molar-refractivity contribution in [3.8, 4) is 22.5 Å². The molecule has 0 saturated heterocycles. The Bertz CT molecular complexity index is 3420. The summed E-state index contributed by atoms with van der Waals surface area (Å²) < 4.78 is 10.2. The third-order valence-corrected chi connectivity index (χ3v) is 13.3. The Labute approximate surface area is 306 Å². The molecular weight excluding hydrogens is 669 g/mol. The van der Waals surface area contributed by atoms with Gasteiger partial charge in [0.1, 0.15) is 0 Å². The first-order valence-electron chi connectivity index (χ1n) is 17.7. The number of thiophene rings is 2. The number of para-hydroxylation sites is 2. The smallest absolute Gasteiger partial charge is 0.0640 e. The van der Waals surface area contributed by atoms with E-state index >= 15 is 0 Å². The molecule has 4 heteroatoms. The number of benzene rings is 8. The van der Waals surface area contributed by atoms with Crippen molar-refractivity contribution in [2.75, 3.05) is 0 Å². The van der Waals surface area contributed by atoms with Gasteiger partial charge in [-0.3, -0.25) is 0 Å². The molecule has 0 amide bonds. The molecule has 0 fully saturated rings. The quantitative estimate of drug-likeness (QED) is 0.174. The van der Waals surface area contributed by atoms with Gasteiger partial charge in [-0.2, -0.15) is 0 Å². The molecule has 0 unspecified atom stereocenters. The van der Waals surface area contributed by atoms with Crippen LogP contribution in [0.1, 0.15) is 0 Å². The second kappa shape index (κ2) is 10.7. The van der Waals surface area contributed by atoms with Crippen molar-refractivity contribution >= 4 is 107 Å². The SMILES string of the molecule is c1ccc2c(c1)sc1c(-n3c4ccccc4c4cc(-c5ccc6c7ccccc7n(-c7cccc8c7sc7ccccc78)c6c5)ccc43)cccc12. The number of rotatable bonds is 3. The molecule has 0 bridgehead atoms. The van der Waals surface area contributed by atoms with Crippen LogP contribution in [0.3, 0.4) is 0 Å². The number of aromatic nitrogens is 2. The number of hydrogen-bond donors (Lipinski definition) is 0. The van der Waals surface area contributed by atoms with E-state index in [0.29, 0.717) is 0 Å². The lowest BCUT2D eigenvalue weighted by molar-refractivity contribution is 1.20. The molecule has 4 heterocycles. The monoisotopic (exact) mass is 696 g/mol. The van der Waals surface area contributed by atoms with Gasteiger partial charge in [0.15, 0.2) is 0 Å². The molecule has 0 saturated carbocycles. The van der Waals surface area contributed by atoms with E-state index in [1.807, 2.05) is 22.7 Å². The van der Waals surface area contributed by atoms with E-state index in [0.717, 1.165) is 0 Å². The van der Waals surface area contributed by atoms with Gasteiger partial charge < -0.3 is 9.13 Å². The van der Waals surface area contributed by atoms with Crippen LogP contribution in [0.4, 0.5) is 0 Å². The molecule has 0 aliphatic heterocycles. The summed E-state index contributed by atoms with van der Waals surface area (Å²) in [5, 5.41) is 10.4. The fourth-order valence-electron chi connectivity index (χ4n) is 8.64. The lowest BCUT2D eigenvalue weighted by Crippen LogP contribution is -1.94. The van der Waals surface area contributed by atoms with Crippen molar-refractivity contribution in [3.63, 3.8) is 0 Å². The Morgan fingerprint density at radius 3 is 1.37 bits per heavy atom. The zero-order chi connectivity index (χ0) is 33.9. The first-order chi connectivity index (χ1) is 25.8. The maximum atomic E-state index is 2.49. The van der Waals surface area contributed by atoms with Crippen LogP contribution in [0.25, 0.3) is 106 Å². The van der Waals surface area contributed by atoms with Gasteiger partial charge in [-0.25, -0.2) is 0 Å². The van der Waals surface area contributed by atoms with E-state index in [9.17, 15) is 0 Å². The van der Waals surface area contributed by atoms with E-state index in [1.54, 1.807) is 0 Å². The van der Waals surface area contributed by atoms with Gasteiger partial charge in [0, 0.05) is 52.5 Å². The van der Waals surface area contributed by atoms with Crippen molar-refractivity contribution in [2.45, 2.75) is 0 Å². The van der Waals surface area contributed by atoms with Gasteiger partial charge in [-0.1, -0.05) is 115 Å². The molecule has 52 heavy (non-hydrogen) atoms. The van der Waals surface area contributed by atoms with Crippen LogP contribution in [-0.4, -0.2) is 9.13 Å². The zero-order valence-corrected chi connectivity index (χ0v) is 29.5. The average molecular weight is 697 g/mol. The summed E-state index contributed by atoms with van der Waals surface area (Å²) >= 11 is 3.77. The van der Waals surface area contributed by atoms with Crippen molar-refractivity contribution in [2.24, 2.45) is 0 Å². The molecule has 0 N–H and O–H groups in total. The van der Waals surface area contributed by atoms with Crippen LogP contribution in [0, 0.1) is 0 Å². The highest BCUT2D eigenvalue weighted by molar-refractivity contribution is 7.26. The first kappa shape index (κ1) is 28.5. The standard InChI is InChI=1S/C48H28N2S2/c1-5-17-39-31(11-1)33-25-23-30(28-44(33)50(39)43-20-10-16-37-35-14-4-8-22-46(35)52-48(37)43)29-24-26-41-38(27-29)32-12-2-6-18-40(32)49(41)42-19-9-15-36-34-13-3-7-21-45(34)51-47(36)42/h1-28H. The molecule has 242 valence electrons. The second-order valence-electron chi connectivity index (χ2n) is 13.7. The summed E-state index contributed by atoms with van der Waals surface area (Å²) in [7, 11) is 0. The van der Waals surface area contributed by atoms with Crippen molar-refractivity contribution in [3.05, 3.63) is 170 Å². The summed E-state index contributed by atoms with van der Waals surface area (Å²) in [6.07, 6.45) is 0. The fraction of sp³-hybridized carbons (Fsp3) is 0. The Kier molecular flexibility index (Phi) is 5.84. The minimum absolute atomic E-state index is 1.21. The van der Waals surface area contributed by atoms with Crippen molar-refractivity contribution in [1.29, 1.82) is 0 Å². The van der Waals surface area contributed by atoms with Gasteiger partial charge in [0.2, 0.25) is 0 Å². The Morgan fingerprint density at radius 1 is 0.288 bits per heavy atom. The fourth-order valence-corrected chi connectivity index (χ4v) is 11.1. The Morgan fingerprint density at radius 2 is 0.731 bits per heavy atom. The lowest BCUT2D eigenvalue weighted by atomic mass is 10.0. The number of nitrogens with zero attached hydrogens (tertiary/aromatic N) is 2. The van der Waals surface area contributed by atoms with E-state index in [2.05, 4.69) is 179 Å². The highest BCUT2D eigenvalue weighted by atomic mass is 32.1. The van der Waals surface area contributed by atoms with E-state index < -0.39 is 0 Å². The highest BCUT2D eigenvalue weighted by Crippen LogP contribution is 2.44. The molecule has 0 spiro atoms. The zero-order valence-electron chi connectivity index (χ0n) is 27.9. The second-order valence-corrected chi connectivity index (χ2v) is 15.8. The maximum absolute atomic E-state index is 2.49. The highest BCUT2D eigenvalue weighted by Gasteiger charge is 2.19. The van der Waals surface area contributed by atoms with E-state index in [1.165, 1.54) is 106 Å². The van der Waals surface area contributed by atoms with Gasteiger partial charge >= 0.3 is 0 Å². The number of hydrogen-bond acceptors (Lipinski definition) is 2. The summed E-state index contributed by atoms with van der Waals surface area (Å²) in [6.45, 7) is 0. The summed E-state index contributed by atoms with van der Waals surface area (Å²) in [5.41, 5.74) is 9.80. The molecule has 4 aromatic heterocycles. The van der Waals surface area contributed by atoms with E-state index in [-0.39, 0.29) is 0 Å². The molecule has 0 atom stereocenters. The summed E-state index contributed by atoms with van der Waals surface area (Å²) in [4.78, 5) is 0. The molecule has 0 aliphatic rings. The van der Waals surface area contributed by atoms with Gasteiger partial charge in [0.25, 0.3) is 0 Å². The van der Waals surface area contributed by atoms with Crippen LogP contribution in [-0.2, 0) is 0 Å². The third kappa shape index (κ3) is 3.88. The van der Waals surface area contributed by atoms with Crippen LogP contribution in [0.15, 0.2) is 170 Å². The maximum Gasteiger partial charge on any atom is 0.0640 e. The third-order valence-electron chi connectivity index (χ3n) is 10.9. The van der Waals surface area contributed by atoms with E-state index in [4.69, 9.17) is 0 Å². The Hall–Kier alpha value is -6.20. The van der Waals surface area contributed by atoms with Gasteiger partial charge in [-0.05, 0) is 65.7 Å². The van der Waals surface area contributed by atoms with Gasteiger partial charge in [-0.15, -0.1) is 22.7 Å². The van der Waals surface area contributed by atoms with Gasteiger partial charge in [0.05, 0.1) is 42.8 Å². The summed E-state index contributed by atoms with van der Waals surface area (Å²) in [5.74, 6) is 0. The summed E-state index contributed by atoms with van der Waals surface area (Å²) in [6, 6.07) is 62.8. The van der Waals surface area contributed by atoms with Crippen molar-refractivity contribution in [1.82, 2.24) is 9.13 Å². The molecular formula is C48H28N2S2. The predicted octanol–water partition coefficient (Wildman–Crippen LogP) is 14.3. The number of fused-ring (bicyclic) bond motifs is 12. The molecule has 8 aromatic carbocycles. The van der Waals surface area contributed by atoms with Crippen LogP contribution < -0.4 is 0 Å². The van der Waals surface area contributed by atoms with Crippen LogP contribution in [0.2, 0.25) is 0 Å². The largest absolute Gasteiger partial charge is 0.308 e. The topological polar surface area (TPSA) is 9.86 Å². The average Bonchev–Trinajstić information content (AvgIpc) is 3.95.